The van der Waals surface area contributed by atoms with Gasteiger partial charge in [0, 0.05) is 43.3 Å². The van der Waals surface area contributed by atoms with Crippen LogP contribution in [0.4, 0.5) is 0 Å². The zero-order valence-electron chi connectivity index (χ0n) is 17.4. The Hall–Kier alpha value is -3.42. The Balaban J connectivity index is 1.37. The number of aryl methyl sites for hydroxylation is 2. The Labute approximate surface area is 175 Å². The number of aromatic amines is 1. The third kappa shape index (κ3) is 4.42. The molecule has 1 fully saturated rings. The summed E-state index contributed by atoms with van der Waals surface area (Å²) in [5.41, 5.74) is 2.97. The van der Waals surface area contributed by atoms with Crippen LogP contribution >= 0.6 is 0 Å². The Morgan fingerprint density at radius 1 is 1.13 bits per heavy atom. The maximum Gasteiger partial charge on any atom is 0.271 e. The normalized spacial score (nSPS) is 14.6. The van der Waals surface area contributed by atoms with Crippen molar-refractivity contribution < 1.29 is 14.3 Å². The van der Waals surface area contributed by atoms with Gasteiger partial charge in [-0.3, -0.25) is 9.89 Å². The third-order valence-electron chi connectivity index (χ3n) is 5.13. The van der Waals surface area contributed by atoms with Gasteiger partial charge in [-0.25, -0.2) is 4.98 Å². The largest absolute Gasteiger partial charge is 0.497 e. The van der Waals surface area contributed by atoms with E-state index in [1.165, 1.54) is 0 Å². The van der Waals surface area contributed by atoms with Gasteiger partial charge in [-0.15, -0.1) is 0 Å². The number of hydrogen-bond acceptors (Lipinski definition) is 6. The molecular formula is C22H25N5O3. The number of nitrogens with zero attached hydrogens (tertiary/aromatic N) is 4. The number of aromatic nitrogens is 4. The Morgan fingerprint density at radius 3 is 2.67 bits per heavy atom. The average molecular weight is 407 g/mol. The number of rotatable bonds is 5. The van der Waals surface area contributed by atoms with E-state index in [-0.39, 0.29) is 12.0 Å². The van der Waals surface area contributed by atoms with E-state index in [9.17, 15) is 4.79 Å². The lowest BCUT2D eigenvalue weighted by atomic mass is 10.1. The highest BCUT2D eigenvalue weighted by Gasteiger charge is 2.26. The first kappa shape index (κ1) is 19.9. The van der Waals surface area contributed by atoms with Crippen molar-refractivity contribution in [3.8, 4) is 22.9 Å². The van der Waals surface area contributed by atoms with E-state index in [1.54, 1.807) is 13.2 Å². The Morgan fingerprint density at radius 2 is 1.93 bits per heavy atom. The fourth-order valence-corrected chi connectivity index (χ4v) is 3.62. The number of ether oxygens (including phenoxy) is 2. The van der Waals surface area contributed by atoms with Gasteiger partial charge in [-0.2, -0.15) is 10.1 Å². The molecule has 8 heteroatoms. The molecule has 1 aliphatic rings. The molecule has 0 radical (unpaired) electrons. The van der Waals surface area contributed by atoms with Crippen LogP contribution in [0.15, 0.2) is 36.4 Å². The second kappa shape index (κ2) is 8.52. The van der Waals surface area contributed by atoms with Gasteiger partial charge in [0.1, 0.15) is 23.4 Å². The molecule has 1 N–H and O–H groups in total. The van der Waals surface area contributed by atoms with E-state index in [0.717, 1.165) is 29.8 Å². The molecule has 8 nitrogen and oxygen atoms in total. The zero-order valence-corrected chi connectivity index (χ0v) is 17.4. The van der Waals surface area contributed by atoms with E-state index >= 15 is 0 Å². The van der Waals surface area contributed by atoms with Gasteiger partial charge >= 0.3 is 0 Å². The molecular weight excluding hydrogens is 382 g/mol. The van der Waals surface area contributed by atoms with E-state index in [2.05, 4.69) is 20.2 Å². The molecule has 1 saturated heterocycles. The van der Waals surface area contributed by atoms with Crippen molar-refractivity contribution in [1.29, 1.82) is 0 Å². The van der Waals surface area contributed by atoms with Gasteiger partial charge in [0.15, 0.2) is 0 Å². The van der Waals surface area contributed by atoms with Crippen molar-refractivity contribution in [3.63, 3.8) is 0 Å². The van der Waals surface area contributed by atoms with Crippen LogP contribution < -0.4 is 9.47 Å². The topological polar surface area (TPSA) is 93.2 Å². The van der Waals surface area contributed by atoms with Gasteiger partial charge in [-0.05, 0) is 32.0 Å². The summed E-state index contributed by atoms with van der Waals surface area (Å²) in [6.07, 6.45) is 1.55. The van der Waals surface area contributed by atoms with E-state index < -0.39 is 0 Å². The van der Waals surface area contributed by atoms with Crippen LogP contribution in [0, 0.1) is 13.8 Å². The van der Waals surface area contributed by atoms with Crippen molar-refractivity contribution in [2.24, 2.45) is 0 Å². The Kier molecular flexibility index (Phi) is 5.65. The summed E-state index contributed by atoms with van der Waals surface area (Å²) in [6.45, 7) is 5.03. The fraction of sp³-hybridized carbons (Fsp3) is 0.364. The number of methoxy groups -OCH3 is 1. The predicted octanol–water partition coefficient (Wildman–Crippen LogP) is 3.18. The number of benzene rings is 1. The van der Waals surface area contributed by atoms with Crippen LogP contribution in [0.2, 0.25) is 0 Å². The highest BCUT2D eigenvalue weighted by Crippen LogP contribution is 2.24. The predicted molar refractivity (Wildman–Crippen MR) is 112 cm³/mol. The number of carbonyl (C=O) groups is 1. The lowest BCUT2D eigenvalue weighted by Crippen LogP contribution is -2.42. The standard InChI is InChI=1S/C22H25N5O3/c1-14-11-21(24-15(2)23-14)30-17-7-9-27(10-8-17)22(28)20-13-19(25-26-20)16-5-4-6-18(12-16)29-3/h4-6,11-13,17H,7-10H2,1-3H3,(H,25,26). The number of nitrogens with one attached hydrogen (secondary N) is 1. The number of H-pyrrole nitrogens is 1. The molecule has 1 amide bonds. The van der Waals surface area contributed by atoms with E-state index in [1.807, 2.05) is 49.1 Å². The zero-order chi connectivity index (χ0) is 21.1. The number of likely N-dealkylation sites (tertiary alicyclic amines) is 1. The highest BCUT2D eigenvalue weighted by molar-refractivity contribution is 5.93. The van der Waals surface area contributed by atoms with Crippen LogP contribution in [-0.2, 0) is 0 Å². The molecule has 0 bridgehead atoms. The first-order valence-electron chi connectivity index (χ1n) is 10.00. The maximum absolute atomic E-state index is 12.9. The molecule has 0 spiro atoms. The molecule has 1 aromatic carbocycles. The van der Waals surface area contributed by atoms with Crippen LogP contribution in [0.3, 0.4) is 0 Å². The van der Waals surface area contributed by atoms with E-state index in [0.29, 0.717) is 36.2 Å². The van der Waals surface area contributed by atoms with Gasteiger partial charge in [0.05, 0.1) is 12.8 Å². The molecule has 156 valence electrons. The minimum Gasteiger partial charge on any atom is -0.497 e. The molecule has 2 aromatic heterocycles. The Bertz CT molecular complexity index is 1020. The van der Waals surface area contributed by atoms with Crippen molar-refractivity contribution in [2.45, 2.75) is 32.8 Å². The smallest absolute Gasteiger partial charge is 0.271 e. The van der Waals surface area contributed by atoms with Crippen LogP contribution in [0.1, 0.15) is 34.8 Å². The molecule has 0 unspecified atom stereocenters. The number of amides is 1. The molecule has 0 saturated carbocycles. The number of piperidine rings is 1. The van der Waals surface area contributed by atoms with Gasteiger partial charge in [-0.1, -0.05) is 12.1 Å². The van der Waals surface area contributed by atoms with Crippen molar-refractivity contribution in [1.82, 2.24) is 25.1 Å². The van der Waals surface area contributed by atoms with Gasteiger partial charge in [0.2, 0.25) is 5.88 Å². The summed E-state index contributed by atoms with van der Waals surface area (Å²) in [5.74, 6) is 1.99. The van der Waals surface area contributed by atoms with E-state index in [4.69, 9.17) is 9.47 Å². The van der Waals surface area contributed by atoms with Crippen molar-refractivity contribution in [3.05, 3.63) is 53.6 Å². The summed E-state index contributed by atoms with van der Waals surface area (Å²) in [7, 11) is 1.62. The lowest BCUT2D eigenvalue weighted by Gasteiger charge is -2.31. The molecule has 4 rings (SSSR count). The monoisotopic (exact) mass is 407 g/mol. The van der Waals surface area contributed by atoms with Gasteiger partial charge < -0.3 is 14.4 Å². The summed E-state index contributed by atoms with van der Waals surface area (Å²) in [4.78, 5) is 23.3. The average Bonchev–Trinajstić information content (AvgIpc) is 3.23. The second-order valence-electron chi connectivity index (χ2n) is 7.40. The second-order valence-corrected chi connectivity index (χ2v) is 7.40. The summed E-state index contributed by atoms with van der Waals surface area (Å²) >= 11 is 0. The molecule has 1 aliphatic heterocycles. The molecule has 0 atom stereocenters. The van der Waals surface area contributed by atoms with Crippen molar-refractivity contribution >= 4 is 5.91 Å². The van der Waals surface area contributed by atoms with Crippen LogP contribution in [-0.4, -0.2) is 57.3 Å². The molecule has 3 heterocycles. The van der Waals surface area contributed by atoms with Crippen molar-refractivity contribution in [2.75, 3.05) is 20.2 Å². The SMILES string of the molecule is COc1cccc(-c2cc(C(=O)N3CCC(Oc4cc(C)nc(C)n4)CC3)[nH]n2)c1. The number of hydrogen-bond donors (Lipinski definition) is 1. The minimum atomic E-state index is -0.0520. The number of carbonyl (C=O) groups excluding carboxylic acids is 1. The fourth-order valence-electron chi connectivity index (χ4n) is 3.62. The summed E-state index contributed by atoms with van der Waals surface area (Å²) in [6, 6.07) is 11.2. The minimum absolute atomic E-state index is 0.0388. The first-order valence-corrected chi connectivity index (χ1v) is 10.00. The first-order chi connectivity index (χ1) is 14.5. The summed E-state index contributed by atoms with van der Waals surface area (Å²) in [5, 5.41) is 7.17. The third-order valence-corrected chi connectivity index (χ3v) is 5.13. The quantitative estimate of drug-likeness (QED) is 0.698. The lowest BCUT2D eigenvalue weighted by molar-refractivity contribution is 0.0582. The van der Waals surface area contributed by atoms with Gasteiger partial charge in [0.25, 0.3) is 5.91 Å². The van der Waals surface area contributed by atoms with Crippen LogP contribution in [0.5, 0.6) is 11.6 Å². The molecule has 3 aromatic rings. The molecule has 30 heavy (non-hydrogen) atoms. The maximum atomic E-state index is 12.9. The highest BCUT2D eigenvalue weighted by atomic mass is 16.5. The van der Waals surface area contributed by atoms with Crippen LogP contribution in [0.25, 0.3) is 11.3 Å². The summed E-state index contributed by atoms with van der Waals surface area (Å²) < 4.78 is 11.3. The molecule has 0 aliphatic carbocycles.